The Morgan fingerprint density at radius 1 is 1.42 bits per heavy atom. The predicted molar refractivity (Wildman–Crippen MR) is 73.6 cm³/mol. The van der Waals surface area contributed by atoms with Gasteiger partial charge in [-0.05, 0) is 37.2 Å². The Hall–Kier alpha value is -1.62. The van der Waals surface area contributed by atoms with Crippen LogP contribution >= 0.6 is 0 Å². The standard InChI is InChI=1S/C14H20FN3O/c1-10-7-17-14(19)13(8-16-2)18(9-10)12-5-3-11(15)4-6-12/h3-6,10,13,16H,7-9H2,1-2H3,(H,17,19). The van der Waals surface area contributed by atoms with Gasteiger partial charge in [0.1, 0.15) is 11.9 Å². The van der Waals surface area contributed by atoms with Crippen LogP contribution in [0.25, 0.3) is 0 Å². The second-order valence-corrected chi connectivity index (χ2v) is 5.05. The maximum Gasteiger partial charge on any atom is 0.244 e. The summed E-state index contributed by atoms with van der Waals surface area (Å²) in [4.78, 5) is 14.2. The predicted octanol–water partition coefficient (Wildman–Crippen LogP) is 0.986. The fourth-order valence-electron chi connectivity index (χ4n) is 2.38. The Morgan fingerprint density at radius 3 is 2.74 bits per heavy atom. The number of nitrogens with zero attached hydrogens (tertiary/aromatic N) is 1. The fourth-order valence-corrected chi connectivity index (χ4v) is 2.38. The second-order valence-electron chi connectivity index (χ2n) is 5.05. The summed E-state index contributed by atoms with van der Waals surface area (Å²) in [6, 6.07) is 6.05. The third-order valence-corrected chi connectivity index (χ3v) is 3.37. The highest BCUT2D eigenvalue weighted by Gasteiger charge is 2.30. The van der Waals surface area contributed by atoms with Crippen LogP contribution in [0.3, 0.4) is 0 Å². The van der Waals surface area contributed by atoms with Crippen LogP contribution in [0.4, 0.5) is 10.1 Å². The number of rotatable bonds is 3. The normalized spacial score (nSPS) is 23.9. The minimum atomic E-state index is -0.264. The number of hydrogen-bond donors (Lipinski definition) is 2. The highest BCUT2D eigenvalue weighted by Crippen LogP contribution is 2.21. The molecule has 0 bridgehead atoms. The van der Waals surface area contributed by atoms with E-state index in [1.807, 2.05) is 11.9 Å². The SMILES string of the molecule is CNCC1C(=O)NCC(C)CN1c1ccc(F)cc1. The van der Waals surface area contributed by atoms with Crippen LogP contribution in [0.5, 0.6) is 0 Å². The molecule has 1 heterocycles. The molecule has 1 aromatic rings. The molecule has 0 aromatic heterocycles. The van der Waals surface area contributed by atoms with Crippen molar-refractivity contribution in [1.82, 2.24) is 10.6 Å². The van der Waals surface area contributed by atoms with Crippen molar-refractivity contribution in [3.8, 4) is 0 Å². The van der Waals surface area contributed by atoms with Gasteiger partial charge in [0.25, 0.3) is 0 Å². The lowest BCUT2D eigenvalue weighted by Gasteiger charge is -2.31. The van der Waals surface area contributed by atoms with Crippen molar-refractivity contribution in [3.63, 3.8) is 0 Å². The Labute approximate surface area is 113 Å². The molecule has 1 fully saturated rings. The summed E-state index contributed by atoms with van der Waals surface area (Å²) >= 11 is 0. The molecule has 1 amide bonds. The number of halogens is 1. The van der Waals surface area contributed by atoms with Crippen molar-refractivity contribution in [2.75, 3.05) is 31.6 Å². The van der Waals surface area contributed by atoms with E-state index < -0.39 is 0 Å². The first-order valence-electron chi connectivity index (χ1n) is 6.56. The van der Waals surface area contributed by atoms with E-state index in [4.69, 9.17) is 0 Å². The zero-order chi connectivity index (χ0) is 13.8. The first kappa shape index (κ1) is 13.8. The minimum Gasteiger partial charge on any atom is -0.358 e. The molecule has 2 unspecified atom stereocenters. The maximum absolute atomic E-state index is 13.0. The highest BCUT2D eigenvalue weighted by molar-refractivity contribution is 5.86. The van der Waals surface area contributed by atoms with Gasteiger partial charge in [-0.2, -0.15) is 0 Å². The van der Waals surface area contributed by atoms with Gasteiger partial charge in [-0.3, -0.25) is 4.79 Å². The number of carbonyl (C=O) groups excluding carboxylic acids is 1. The first-order chi connectivity index (χ1) is 9.11. The lowest BCUT2D eigenvalue weighted by Crippen LogP contribution is -2.49. The van der Waals surface area contributed by atoms with Crippen LogP contribution in [0, 0.1) is 11.7 Å². The van der Waals surface area contributed by atoms with Crippen LogP contribution in [-0.2, 0) is 4.79 Å². The molecule has 104 valence electrons. The Bertz CT molecular complexity index is 435. The smallest absolute Gasteiger partial charge is 0.244 e. The number of hydrogen-bond acceptors (Lipinski definition) is 3. The van der Waals surface area contributed by atoms with Gasteiger partial charge in [-0.25, -0.2) is 4.39 Å². The second kappa shape index (κ2) is 6.02. The van der Waals surface area contributed by atoms with Gasteiger partial charge >= 0.3 is 0 Å². The van der Waals surface area contributed by atoms with Gasteiger partial charge in [0.15, 0.2) is 0 Å². The Morgan fingerprint density at radius 2 is 2.11 bits per heavy atom. The summed E-state index contributed by atoms with van der Waals surface area (Å²) in [7, 11) is 1.82. The number of nitrogens with one attached hydrogen (secondary N) is 2. The van der Waals surface area contributed by atoms with Crippen LogP contribution in [0.15, 0.2) is 24.3 Å². The topological polar surface area (TPSA) is 44.4 Å². The molecule has 5 heteroatoms. The third-order valence-electron chi connectivity index (χ3n) is 3.37. The number of likely N-dealkylation sites (N-methyl/N-ethyl adjacent to an activating group) is 1. The van der Waals surface area contributed by atoms with E-state index in [0.717, 1.165) is 12.2 Å². The van der Waals surface area contributed by atoms with Crippen molar-refractivity contribution in [1.29, 1.82) is 0 Å². The molecule has 2 N–H and O–H groups in total. The summed E-state index contributed by atoms with van der Waals surface area (Å²) in [6.07, 6.45) is 0. The van der Waals surface area contributed by atoms with Crippen LogP contribution in [-0.4, -0.2) is 38.6 Å². The molecule has 1 aromatic carbocycles. The molecule has 19 heavy (non-hydrogen) atoms. The molecule has 0 aliphatic carbocycles. The largest absolute Gasteiger partial charge is 0.358 e. The van der Waals surface area contributed by atoms with Crippen molar-refractivity contribution in [2.24, 2.45) is 5.92 Å². The van der Waals surface area contributed by atoms with Gasteiger partial charge in [0.2, 0.25) is 5.91 Å². The third kappa shape index (κ3) is 3.23. The molecule has 1 saturated heterocycles. The maximum atomic E-state index is 13.0. The molecular formula is C14H20FN3O. The van der Waals surface area contributed by atoms with E-state index >= 15 is 0 Å². The molecule has 0 spiro atoms. The molecule has 2 atom stereocenters. The Kier molecular flexibility index (Phi) is 4.37. The average molecular weight is 265 g/mol. The molecule has 4 nitrogen and oxygen atoms in total. The monoisotopic (exact) mass is 265 g/mol. The Balaban J connectivity index is 2.29. The highest BCUT2D eigenvalue weighted by atomic mass is 19.1. The van der Waals surface area contributed by atoms with Gasteiger partial charge in [0, 0.05) is 25.3 Å². The average Bonchev–Trinajstić information content (AvgIpc) is 2.53. The lowest BCUT2D eigenvalue weighted by molar-refractivity contribution is -0.122. The summed E-state index contributed by atoms with van der Waals surface area (Å²) in [6.45, 7) is 4.11. The molecule has 1 aliphatic heterocycles. The molecule has 2 rings (SSSR count). The first-order valence-corrected chi connectivity index (χ1v) is 6.56. The van der Waals surface area contributed by atoms with Crippen LogP contribution in [0.1, 0.15) is 6.92 Å². The van der Waals surface area contributed by atoms with Gasteiger partial charge in [-0.1, -0.05) is 6.92 Å². The quantitative estimate of drug-likeness (QED) is 0.856. The van der Waals surface area contributed by atoms with Crippen molar-refractivity contribution >= 4 is 11.6 Å². The van der Waals surface area contributed by atoms with E-state index in [9.17, 15) is 9.18 Å². The molecule has 1 aliphatic rings. The van der Waals surface area contributed by atoms with Gasteiger partial charge < -0.3 is 15.5 Å². The lowest BCUT2D eigenvalue weighted by atomic mass is 10.1. The summed E-state index contributed by atoms with van der Waals surface area (Å²) in [5.74, 6) is 0.111. The van der Waals surface area contributed by atoms with Gasteiger partial charge in [0.05, 0.1) is 0 Å². The fraction of sp³-hybridized carbons (Fsp3) is 0.500. The summed E-state index contributed by atoms with van der Waals surface area (Å²) in [5, 5.41) is 5.99. The van der Waals surface area contributed by atoms with Crippen molar-refractivity contribution < 1.29 is 9.18 Å². The van der Waals surface area contributed by atoms with Crippen LogP contribution < -0.4 is 15.5 Å². The zero-order valence-corrected chi connectivity index (χ0v) is 11.3. The number of anilines is 1. The number of carbonyl (C=O) groups is 1. The van der Waals surface area contributed by atoms with Crippen molar-refractivity contribution in [2.45, 2.75) is 13.0 Å². The van der Waals surface area contributed by atoms with E-state index in [-0.39, 0.29) is 17.8 Å². The number of amides is 1. The summed E-state index contributed by atoms with van der Waals surface area (Å²) < 4.78 is 13.0. The van der Waals surface area contributed by atoms with Gasteiger partial charge in [-0.15, -0.1) is 0 Å². The van der Waals surface area contributed by atoms with E-state index in [1.165, 1.54) is 12.1 Å². The van der Waals surface area contributed by atoms with Crippen LogP contribution in [0.2, 0.25) is 0 Å². The molecule has 0 saturated carbocycles. The summed E-state index contributed by atoms with van der Waals surface area (Å²) in [5.41, 5.74) is 0.880. The number of benzene rings is 1. The minimum absolute atomic E-state index is 0.0167. The van der Waals surface area contributed by atoms with E-state index in [0.29, 0.717) is 19.0 Å². The van der Waals surface area contributed by atoms with E-state index in [1.54, 1.807) is 12.1 Å². The molecule has 0 radical (unpaired) electrons. The van der Waals surface area contributed by atoms with E-state index in [2.05, 4.69) is 17.6 Å². The zero-order valence-electron chi connectivity index (χ0n) is 11.3. The van der Waals surface area contributed by atoms with Crippen molar-refractivity contribution in [3.05, 3.63) is 30.1 Å². The molecular weight excluding hydrogens is 245 g/mol.